The first-order valence-electron chi connectivity index (χ1n) is 8.14. The zero-order valence-corrected chi connectivity index (χ0v) is 14.4. The quantitative estimate of drug-likeness (QED) is 0.899. The average molecular weight is 340 g/mol. The summed E-state index contributed by atoms with van der Waals surface area (Å²) in [7, 11) is -3.57. The zero-order chi connectivity index (χ0) is 16.4. The summed E-state index contributed by atoms with van der Waals surface area (Å²) in [5, 5.41) is 0. The number of nitrogens with zero attached hydrogens (tertiary/aromatic N) is 1. The lowest BCUT2D eigenvalue weighted by Gasteiger charge is -2.17. The fraction of sp³-hybridized carbons (Fsp3) is 0.625. The zero-order valence-electron chi connectivity index (χ0n) is 13.6. The van der Waals surface area contributed by atoms with Crippen molar-refractivity contribution in [1.29, 1.82) is 0 Å². The lowest BCUT2D eigenvalue weighted by molar-refractivity contribution is 0.297. The van der Waals surface area contributed by atoms with E-state index in [0.29, 0.717) is 30.6 Å². The summed E-state index contributed by atoms with van der Waals surface area (Å²) in [6.07, 6.45) is 0.793. The van der Waals surface area contributed by atoms with Crippen LogP contribution in [0.5, 0.6) is 11.5 Å². The number of likely N-dealkylation sites (tertiary alicyclic amines) is 1. The Morgan fingerprint density at radius 2 is 1.96 bits per heavy atom. The molecule has 6 nitrogen and oxygen atoms in total. The Bertz CT molecular complexity index is 662. The van der Waals surface area contributed by atoms with Gasteiger partial charge in [0.2, 0.25) is 10.0 Å². The van der Waals surface area contributed by atoms with Crippen molar-refractivity contribution in [1.82, 2.24) is 9.62 Å². The van der Waals surface area contributed by atoms with Gasteiger partial charge in [0.05, 0.1) is 18.1 Å². The molecule has 128 valence electrons. The molecule has 2 aliphatic rings. The van der Waals surface area contributed by atoms with Crippen molar-refractivity contribution in [2.75, 3.05) is 32.8 Å². The molecular formula is C16H24N2O4S. The Balaban J connectivity index is 1.79. The van der Waals surface area contributed by atoms with Crippen molar-refractivity contribution in [2.45, 2.75) is 31.2 Å². The lowest BCUT2D eigenvalue weighted by atomic mass is 10.1. The molecule has 0 unspecified atom stereocenters. The van der Waals surface area contributed by atoms with Crippen LogP contribution in [0.15, 0.2) is 23.1 Å². The SMILES string of the molecule is CCN1C[C@@H](C)[C@@H](NS(=O)(=O)c2ccc3c(c2)OCCCO3)C1. The van der Waals surface area contributed by atoms with Crippen LogP contribution in [0.3, 0.4) is 0 Å². The van der Waals surface area contributed by atoms with Gasteiger partial charge in [0.1, 0.15) is 0 Å². The van der Waals surface area contributed by atoms with Crippen molar-refractivity contribution >= 4 is 10.0 Å². The molecule has 0 amide bonds. The highest BCUT2D eigenvalue weighted by Crippen LogP contribution is 2.32. The Kier molecular flexibility index (Phi) is 4.79. The van der Waals surface area contributed by atoms with Crippen molar-refractivity contribution in [3.8, 4) is 11.5 Å². The maximum Gasteiger partial charge on any atom is 0.241 e. The average Bonchev–Trinajstić information content (AvgIpc) is 2.74. The van der Waals surface area contributed by atoms with Crippen LogP contribution in [0, 0.1) is 5.92 Å². The maximum atomic E-state index is 12.7. The van der Waals surface area contributed by atoms with Gasteiger partial charge in [0.15, 0.2) is 11.5 Å². The molecule has 1 aromatic carbocycles. The first kappa shape index (κ1) is 16.5. The van der Waals surface area contributed by atoms with Gasteiger partial charge in [0, 0.05) is 31.6 Å². The molecule has 3 rings (SSSR count). The number of benzene rings is 1. The number of rotatable bonds is 4. The Morgan fingerprint density at radius 1 is 1.22 bits per heavy atom. The Hall–Kier alpha value is -1.31. The van der Waals surface area contributed by atoms with Gasteiger partial charge in [0.25, 0.3) is 0 Å². The van der Waals surface area contributed by atoms with Gasteiger partial charge in [-0.3, -0.25) is 0 Å². The van der Waals surface area contributed by atoms with Gasteiger partial charge in [-0.05, 0) is 24.6 Å². The van der Waals surface area contributed by atoms with E-state index in [9.17, 15) is 8.42 Å². The van der Waals surface area contributed by atoms with Gasteiger partial charge in [-0.2, -0.15) is 0 Å². The van der Waals surface area contributed by atoms with Gasteiger partial charge in [-0.25, -0.2) is 13.1 Å². The summed E-state index contributed by atoms with van der Waals surface area (Å²) >= 11 is 0. The molecule has 7 heteroatoms. The minimum absolute atomic E-state index is 0.0593. The van der Waals surface area contributed by atoms with Gasteiger partial charge < -0.3 is 14.4 Å². The topological polar surface area (TPSA) is 67.9 Å². The highest BCUT2D eigenvalue weighted by molar-refractivity contribution is 7.89. The molecule has 23 heavy (non-hydrogen) atoms. The first-order chi connectivity index (χ1) is 11.0. The molecule has 2 aliphatic heterocycles. The summed E-state index contributed by atoms with van der Waals surface area (Å²) in [5.41, 5.74) is 0. The second-order valence-electron chi connectivity index (χ2n) is 6.22. The van der Waals surface area contributed by atoms with Crippen LogP contribution in [0.1, 0.15) is 20.3 Å². The minimum Gasteiger partial charge on any atom is -0.490 e. The van der Waals surface area contributed by atoms with Crippen molar-refractivity contribution in [2.24, 2.45) is 5.92 Å². The molecule has 1 fully saturated rings. The molecule has 0 spiro atoms. The lowest BCUT2D eigenvalue weighted by Crippen LogP contribution is -2.39. The smallest absolute Gasteiger partial charge is 0.241 e. The molecule has 0 aromatic heterocycles. The third-order valence-corrected chi connectivity index (χ3v) is 5.96. The van der Waals surface area contributed by atoms with E-state index in [-0.39, 0.29) is 10.9 Å². The van der Waals surface area contributed by atoms with Crippen molar-refractivity contribution < 1.29 is 17.9 Å². The molecule has 1 aromatic rings. The fourth-order valence-electron chi connectivity index (χ4n) is 3.06. The van der Waals surface area contributed by atoms with Crippen LogP contribution in [0.4, 0.5) is 0 Å². The van der Waals surface area contributed by atoms with E-state index < -0.39 is 10.0 Å². The van der Waals surface area contributed by atoms with Crippen LogP contribution >= 0.6 is 0 Å². The largest absolute Gasteiger partial charge is 0.490 e. The molecule has 0 aliphatic carbocycles. The predicted octanol–water partition coefficient (Wildman–Crippen LogP) is 1.47. The van der Waals surface area contributed by atoms with Crippen LogP contribution in [0.2, 0.25) is 0 Å². The van der Waals surface area contributed by atoms with Crippen LogP contribution < -0.4 is 14.2 Å². The number of hydrogen-bond donors (Lipinski definition) is 1. The number of ether oxygens (including phenoxy) is 2. The molecule has 2 atom stereocenters. The summed E-state index contributed by atoms with van der Waals surface area (Å²) < 4.78 is 39.3. The number of nitrogens with one attached hydrogen (secondary N) is 1. The van der Waals surface area contributed by atoms with E-state index in [0.717, 1.165) is 26.1 Å². The summed E-state index contributed by atoms with van der Waals surface area (Å²) in [5.74, 6) is 1.40. The second kappa shape index (κ2) is 6.67. The second-order valence-corrected chi connectivity index (χ2v) is 7.93. The standard InChI is InChI=1S/C16H24N2O4S/c1-3-18-10-12(2)14(11-18)17-23(19,20)13-5-6-15-16(9-13)22-8-4-7-21-15/h5-6,9,12,14,17H,3-4,7-8,10-11H2,1-2H3/t12-,14+/m1/s1. The van der Waals surface area contributed by atoms with Crippen LogP contribution in [0.25, 0.3) is 0 Å². The summed E-state index contributed by atoms with van der Waals surface area (Å²) in [4.78, 5) is 2.48. The van der Waals surface area contributed by atoms with E-state index in [1.165, 1.54) is 0 Å². The third-order valence-electron chi connectivity index (χ3n) is 4.47. The molecule has 0 radical (unpaired) electrons. The van der Waals surface area contributed by atoms with Gasteiger partial charge >= 0.3 is 0 Å². The maximum absolute atomic E-state index is 12.7. The van der Waals surface area contributed by atoms with Gasteiger partial charge in [-0.15, -0.1) is 0 Å². The Morgan fingerprint density at radius 3 is 2.65 bits per heavy atom. The fourth-order valence-corrected chi connectivity index (χ4v) is 4.41. The molecule has 0 bridgehead atoms. The molecule has 1 saturated heterocycles. The molecule has 2 heterocycles. The number of likely N-dealkylation sites (N-methyl/N-ethyl adjacent to an activating group) is 1. The minimum atomic E-state index is -3.57. The highest BCUT2D eigenvalue weighted by Gasteiger charge is 2.32. The third kappa shape index (κ3) is 3.62. The summed E-state index contributed by atoms with van der Waals surface area (Å²) in [6.45, 7) is 7.90. The molecule has 1 N–H and O–H groups in total. The monoisotopic (exact) mass is 340 g/mol. The molecular weight excluding hydrogens is 316 g/mol. The molecule has 0 saturated carbocycles. The van der Waals surface area contributed by atoms with E-state index in [1.54, 1.807) is 18.2 Å². The first-order valence-corrected chi connectivity index (χ1v) is 9.62. The van der Waals surface area contributed by atoms with Gasteiger partial charge in [-0.1, -0.05) is 13.8 Å². The normalized spacial score (nSPS) is 25.3. The van der Waals surface area contributed by atoms with E-state index in [2.05, 4.69) is 23.5 Å². The van der Waals surface area contributed by atoms with Crippen LogP contribution in [-0.4, -0.2) is 52.2 Å². The Labute approximate surface area is 137 Å². The predicted molar refractivity (Wildman–Crippen MR) is 87.4 cm³/mol. The van der Waals surface area contributed by atoms with E-state index >= 15 is 0 Å². The summed E-state index contributed by atoms with van der Waals surface area (Å²) in [6, 6.07) is 4.75. The van der Waals surface area contributed by atoms with Crippen LogP contribution in [-0.2, 0) is 10.0 Å². The van der Waals surface area contributed by atoms with Crippen molar-refractivity contribution in [3.63, 3.8) is 0 Å². The van der Waals surface area contributed by atoms with E-state index in [1.807, 2.05) is 0 Å². The highest BCUT2D eigenvalue weighted by atomic mass is 32.2. The number of fused-ring (bicyclic) bond motifs is 1. The van der Waals surface area contributed by atoms with Crippen molar-refractivity contribution in [3.05, 3.63) is 18.2 Å². The number of hydrogen-bond acceptors (Lipinski definition) is 5. The number of sulfonamides is 1. The van der Waals surface area contributed by atoms with E-state index in [4.69, 9.17) is 9.47 Å².